The maximum Gasteiger partial charge on any atom is 0.320 e. The van der Waals surface area contributed by atoms with E-state index in [1.807, 2.05) is 36.1 Å². The normalized spacial score (nSPS) is 18.4. The van der Waals surface area contributed by atoms with Crippen LogP contribution < -0.4 is 4.74 Å². The molecule has 4 nitrogen and oxygen atoms in total. The number of carboxylic acid groups (broad SMARTS) is 1. The van der Waals surface area contributed by atoms with Crippen LogP contribution in [0.15, 0.2) is 40.9 Å². The number of hydrogen-bond acceptors (Lipinski definition) is 3. The van der Waals surface area contributed by atoms with Gasteiger partial charge in [0.2, 0.25) is 0 Å². The third-order valence-electron chi connectivity index (χ3n) is 4.73. The number of rotatable bonds is 6. The van der Waals surface area contributed by atoms with Gasteiger partial charge in [0.05, 0.1) is 12.6 Å². The Kier molecular flexibility index (Phi) is 6.69. The molecule has 0 aromatic heterocycles. The fraction of sp³-hybridized carbons (Fsp3) is 0.350. The predicted octanol–water partition coefficient (Wildman–Crippen LogP) is 5.79. The molecule has 1 aliphatic heterocycles. The topological polar surface area (TPSA) is 49.8 Å². The summed E-state index contributed by atoms with van der Waals surface area (Å²) >= 11 is 16.2. The highest BCUT2D eigenvalue weighted by Crippen LogP contribution is 2.42. The first kappa shape index (κ1) is 20.5. The van der Waals surface area contributed by atoms with Gasteiger partial charge in [-0.05, 0) is 55.7 Å². The Morgan fingerprint density at radius 3 is 2.74 bits per heavy atom. The first-order valence-electron chi connectivity index (χ1n) is 8.78. The molecule has 2 aromatic rings. The molecule has 1 N–H and O–H groups in total. The highest BCUT2D eigenvalue weighted by Gasteiger charge is 2.38. The van der Waals surface area contributed by atoms with Crippen molar-refractivity contribution in [3.63, 3.8) is 0 Å². The van der Waals surface area contributed by atoms with Gasteiger partial charge in [-0.3, -0.25) is 9.69 Å². The summed E-state index contributed by atoms with van der Waals surface area (Å²) in [6.45, 7) is 3.10. The van der Waals surface area contributed by atoms with Crippen molar-refractivity contribution in [2.75, 3.05) is 13.2 Å². The van der Waals surface area contributed by atoms with Crippen molar-refractivity contribution in [2.24, 2.45) is 0 Å². The zero-order chi connectivity index (χ0) is 19.6. The summed E-state index contributed by atoms with van der Waals surface area (Å²) in [4.78, 5) is 13.8. The molecule has 2 unspecified atom stereocenters. The fourth-order valence-corrected chi connectivity index (χ4v) is 4.52. The van der Waals surface area contributed by atoms with Crippen LogP contribution in [0.25, 0.3) is 0 Å². The molecule has 0 amide bonds. The highest BCUT2D eigenvalue weighted by molar-refractivity contribution is 9.10. The van der Waals surface area contributed by atoms with Gasteiger partial charge in [0, 0.05) is 26.6 Å². The van der Waals surface area contributed by atoms with Gasteiger partial charge in [0.15, 0.2) is 0 Å². The molecule has 1 aliphatic rings. The number of benzene rings is 2. The maximum atomic E-state index is 11.9. The van der Waals surface area contributed by atoms with Crippen LogP contribution in [0.1, 0.15) is 36.9 Å². The first-order chi connectivity index (χ1) is 12.9. The Balaban J connectivity index is 2.19. The minimum absolute atomic E-state index is 0.350. The molecule has 1 fully saturated rings. The number of carbonyl (C=O) groups is 1. The lowest BCUT2D eigenvalue weighted by atomic mass is 9.95. The second-order valence-corrected chi connectivity index (χ2v) is 8.18. The zero-order valence-electron chi connectivity index (χ0n) is 14.8. The van der Waals surface area contributed by atoms with E-state index in [1.165, 1.54) is 0 Å². The molecule has 0 aliphatic carbocycles. The van der Waals surface area contributed by atoms with E-state index in [0.29, 0.717) is 35.4 Å². The molecule has 1 saturated heterocycles. The van der Waals surface area contributed by atoms with Crippen molar-refractivity contribution in [1.82, 2.24) is 4.90 Å². The Morgan fingerprint density at radius 1 is 1.30 bits per heavy atom. The van der Waals surface area contributed by atoms with E-state index in [2.05, 4.69) is 15.9 Å². The number of nitrogens with zero attached hydrogens (tertiary/aromatic N) is 1. The lowest BCUT2D eigenvalue weighted by Crippen LogP contribution is -2.39. The SMILES string of the molecule is CCOc1ccc(Br)cc1C(c1ccc(Cl)cc1Cl)N1CCCC1C(=O)O. The number of carboxylic acids is 1. The standard InChI is InChI=1S/C20H20BrCl2NO3/c1-2-27-18-8-5-12(21)10-15(18)19(14-7-6-13(22)11-16(14)23)24-9-3-4-17(24)20(25)26/h5-8,10-11,17,19H,2-4,9H2,1H3,(H,25,26). The summed E-state index contributed by atoms with van der Waals surface area (Å²) in [7, 11) is 0. The minimum atomic E-state index is -0.824. The Labute approximate surface area is 177 Å². The molecule has 2 atom stereocenters. The van der Waals surface area contributed by atoms with Crippen molar-refractivity contribution in [1.29, 1.82) is 0 Å². The van der Waals surface area contributed by atoms with E-state index in [-0.39, 0.29) is 6.04 Å². The van der Waals surface area contributed by atoms with Crippen LogP contribution >= 0.6 is 39.1 Å². The number of aliphatic carboxylic acids is 1. The van der Waals surface area contributed by atoms with E-state index in [1.54, 1.807) is 12.1 Å². The molecule has 27 heavy (non-hydrogen) atoms. The Morgan fingerprint density at radius 2 is 2.07 bits per heavy atom. The predicted molar refractivity (Wildman–Crippen MR) is 111 cm³/mol. The highest BCUT2D eigenvalue weighted by atomic mass is 79.9. The summed E-state index contributed by atoms with van der Waals surface area (Å²) in [6.07, 6.45) is 1.42. The third-order valence-corrected chi connectivity index (χ3v) is 5.79. The van der Waals surface area contributed by atoms with Crippen LogP contribution in [0.2, 0.25) is 10.0 Å². The van der Waals surface area contributed by atoms with E-state index in [4.69, 9.17) is 27.9 Å². The minimum Gasteiger partial charge on any atom is -0.494 e. The van der Waals surface area contributed by atoms with Crippen LogP contribution in [0.5, 0.6) is 5.75 Å². The molecular weight excluding hydrogens is 453 g/mol. The van der Waals surface area contributed by atoms with E-state index >= 15 is 0 Å². The average Bonchev–Trinajstić information content (AvgIpc) is 3.09. The van der Waals surface area contributed by atoms with E-state index in [0.717, 1.165) is 22.0 Å². The van der Waals surface area contributed by atoms with Crippen LogP contribution in [0, 0.1) is 0 Å². The van der Waals surface area contributed by atoms with Crippen molar-refractivity contribution >= 4 is 45.1 Å². The van der Waals surface area contributed by atoms with Gasteiger partial charge in [-0.2, -0.15) is 0 Å². The molecule has 3 rings (SSSR count). The number of halogens is 3. The number of ether oxygens (including phenoxy) is 1. The van der Waals surface area contributed by atoms with Gasteiger partial charge >= 0.3 is 5.97 Å². The van der Waals surface area contributed by atoms with Gasteiger partial charge < -0.3 is 9.84 Å². The van der Waals surface area contributed by atoms with Crippen molar-refractivity contribution in [3.8, 4) is 5.75 Å². The number of hydrogen-bond donors (Lipinski definition) is 1. The van der Waals surface area contributed by atoms with Crippen LogP contribution in [-0.4, -0.2) is 35.2 Å². The quantitative estimate of drug-likeness (QED) is 0.577. The molecule has 0 bridgehead atoms. The average molecular weight is 473 g/mol. The fourth-order valence-electron chi connectivity index (χ4n) is 3.63. The van der Waals surface area contributed by atoms with Gasteiger partial charge in [0.25, 0.3) is 0 Å². The van der Waals surface area contributed by atoms with Crippen molar-refractivity contribution < 1.29 is 14.6 Å². The first-order valence-corrected chi connectivity index (χ1v) is 10.3. The Bertz CT molecular complexity index is 846. The lowest BCUT2D eigenvalue weighted by molar-refractivity contribution is -0.142. The second kappa shape index (κ2) is 8.82. The van der Waals surface area contributed by atoms with Crippen molar-refractivity contribution in [2.45, 2.75) is 31.8 Å². The number of likely N-dealkylation sites (tertiary alicyclic amines) is 1. The summed E-state index contributed by atoms with van der Waals surface area (Å²) in [5.41, 5.74) is 1.69. The summed E-state index contributed by atoms with van der Waals surface area (Å²) < 4.78 is 6.74. The molecular formula is C20H20BrCl2NO3. The smallest absolute Gasteiger partial charge is 0.320 e. The zero-order valence-corrected chi connectivity index (χ0v) is 17.9. The molecule has 0 saturated carbocycles. The second-order valence-electron chi connectivity index (χ2n) is 6.42. The van der Waals surface area contributed by atoms with Gasteiger partial charge in [-0.25, -0.2) is 0 Å². The lowest BCUT2D eigenvalue weighted by Gasteiger charge is -2.33. The molecule has 144 valence electrons. The molecule has 1 heterocycles. The molecule has 7 heteroatoms. The van der Waals surface area contributed by atoms with Gasteiger partial charge in [-0.1, -0.05) is 45.2 Å². The van der Waals surface area contributed by atoms with Crippen LogP contribution in [0.4, 0.5) is 0 Å². The van der Waals surface area contributed by atoms with Gasteiger partial charge in [-0.15, -0.1) is 0 Å². The Hall–Kier alpha value is -1.27. The summed E-state index contributed by atoms with van der Waals surface area (Å²) in [5.74, 6) is -0.108. The van der Waals surface area contributed by atoms with Crippen molar-refractivity contribution in [3.05, 3.63) is 62.0 Å². The molecule has 0 spiro atoms. The molecule has 2 aromatic carbocycles. The van der Waals surface area contributed by atoms with E-state index < -0.39 is 12.0 Å². The maximum absolute atomic E-state index is 11.9. The monoisotopic (exact) mass is 471 g/mol. The largest absolute Gasteiger partial charge is 0.494 e. The van der Waals surface area contributed by atoms with Crippen LogP contribution in [-0.2, 0) is 4.79 Å². The summed E-state index contributed by atoms with van der Waals surface area (Å²) in [5, 5.41) is 10.8. The molecule has 0 radical (unpaired) electrons. The van der Waals surface area contributed by atoms with Gasteiger partial charge in [0.1, 0.15) is 11.8 Å². The third kappa shape index (κ3) is 4.43. The van der Waals surface area contributed by atoms with Crippen LogP contribution in [0.3, 0.4) is 0 Å². The van der Waals surface area contributed by atoms with E-state index in [9.17, 15) is 9.90 Å². The summed E-state index contributed by atoms with van der Waals surface area (Å²) in [6, 6.07) is 10.2.